The fourth-order valence-electron chi connectivity index (χ4n) is 2.10. The number of aryl methyl sites for hydroxylation is 1. The lowest BCUT2D eigenvalue weighted by molar-refractivity contribution is 0.430. The Kier molecular flexibility index (Phi) is 3.88. The normalized spacial score (nSPS) is 14.2. The van der Waals surface area contributed by atoms with Gasteiger partial charge in [-0.15, -0.1) is 0 Å². The number of halogens is 2. The number of hydrogen-bond acceptors (Lipinski definition) is 2. The molecule has 0 spiro atoms. The summed E-state index contributed by atoms with van der Waals surface area (Å²) in [7, 11) is 0. The minimum atomic E-state index is -0.439. The molecule has 0 amide bonds. The molecule has 1 aliphatic rings. The van der Waals surface area contributed by atoms with Crippen molar-refractivity contribution < 1.29 is 13.5 Å². The Hall–Kier alpha value is -1.94. The Morgan fingerprint density at radius 2 is 1.95 bits per heavy atom. The molecule has 1 fully saturated rings. The molecule has 2 aromatic carbocycles. The zero-order valence-electron chi connectivity index (χ0n) is 11.8. The molecule has 21 heavy (non-hydrogen) atoms. The second-order valence-corrected chi connectivity index (χ2v) is 5.40. The average molecular weight is 289 g/mol. The number of nitrogens with one attached hydrogen (secondary N) is 1. The first-order chi connectivity index (χ1) is 10.1. The third kappa shape index (κ3) is 3.39. The molecular formula is C17H17F2NO. The van der Waals surface area contributed by atoms with Crippen molar-refractivity contribution >= 4 is 0 Å². The number of ether oxygens (including phenoxy) is 1. The maximum atomic E-state index is 14.0. The summed E-state index contributed by atoms with van der Waals surface area (Å²) >= 11 is 0. The van der Waals surface area contributed by atoms with E-state index in [0.29, 0.717) is 23.9 Å². The fraction of sp³-hybridized carbons (Fsp3) is 0.294. The van der Waals surface area contributed by atoms with Gasteiger partial charge in [-0.1, -0.05) is 18.2 Å². The van der Waals surface area contributed by atoms with Crippen molar-refractivity contribution in [1.29, 1.82) is 0 Å². The first-order valence-electron chi connectivity index (χ1n) is 7.08. The van der Waals surface area contributed by atoms with Crippen LogP contribution in [0.15, 0.2) is 36.4 Å². The monoisotopic (exact) mass is 289 g/mol. The average Bonchev–Trinajstić information content (AvgIpc) is 3.28. The second kappa shape index (κ2) is 5.82. The van der Waals surface area contributed by atoms with Crippen LogP contribution in [-0.2, 0) is 6.54 Å². The highest BCUT2D eigenvalue weighted by molar-refractivity contribution is 5.40. The van der Waals surface area contributed by atoms with Gasteiger partial charge in [0.25, 0.3) is 0 Å². The zero-order valence-corrected chi connectivity index (χ0v) is 11.8. The Bertz CT molecular complexity index is 653. The van der Waals surface area contributed by atoms with Crippen molar-refractivity contribution in [2.24, 2.45) is 0 Å². The highest BCUT2D eigenvalue weighted by Crippen LogP contribution is 2.30. The van der Waals surface area contributed by atoms with E-state index in [9.17, 15) is 8.78 Å². The summed E-state index contributed by atoms with van der Waals surface area (Å²) in [6.07, 6.45) is 2.32. The lowest BCUT2D eigenvalue weighted by atomic mass is 10.2. The Morgan fingerprint density at radius 1 is 1.14 bits per heavy atom. The van der Waals surface area contributed by atoms with Crippen molar-refractivity contribution in [3.05, 3.63) is 59.2 Å². The molecule has 2 nitrogen and oxygen atoms in total. The zero-order chi connectivity index (χ0) is 14.8. The molecule has 1 aliphatic carbocycles. The molecule has 3 rings (SSSR count). The summed E-state index contributed by atoms with van der Waals surface area (Å²) in [6.45, 7) is 2.22. The van der Waals surface area contributed by atoms with Gasteiger partial charge in [0.05, 0.1) is 0 Å². The molecule has 2 aromatic rings. The van der Waals surface area contributed by atoms with Crippen LogP contribution in [0.25, 0.3) is 0 Å². The van der Waals surface area contributed by atoms with Crippen LogP contribution in [0.5, 0.6) is 11.5 Å². The van der Waals surface area contributed by atoms with Crippen LogP contribution in [-0.4, -0.2) is 6.04 Å². The highest BCUT2D eigenvalue weighted by Gasteiger charge is 2.21. The lowest BCUT2D eigenvalue weighted by Gasteiger charge is -2.13. The SMILES string of the molecule is Cc1ccc(Oc2c(F)cccc2CNC2CC2)cc1F. The molecule has 0 atom stereocenters. The van der Waals surface area contributed by atoms with E-state index in [1.54, 1.807) is 25.1 Å². The van der Waals surface area contributed by atoms with Crippen molar-refractivity contribution in [3.63, 3.8) is 0 Å². The molecule has 0 aliphatic heterocycles. The number of para-hydroxylation sites is 1. The maximum Gasteiger partial charge on any atom is 0.167 e. The van der Waals surface area contributed by atoms with E-state index in [4.69, 9.17) is 4.74 Å². The summed E-state index contributed by atoms with van der Waals surface area (Å²) in [5.41, 5.74) is 1.27. The minimum absolute atomic E-state index is 0.161. The molecule has 0 aromatic heterocycles. The molecule has 0 saturated heterocycles. The van der Waals surface area contributed by atoms with Crippen LogP contribution in [0.4, 0.5) is 8.78 Å². The van der Waals surface area contributed by atoms with Gasteiger partial charge < -0.3 is 10.1 Å². The maximum absolute atomic E-state index is 14.0. The topological polar surface area (TPSA) is 21.3 Å². The van der Waals surface area contributed by atoms with Gasteiger partial charge in [-0.3, -0.25) is 0 Å². The summed E-state index contributed by atoms with van der Waals surface area (Å²) in [4.78, 5) is 0. The molecule has 0 radical (unpaired) electrons. The Balaban J connectivity index is 1.83. The van der Waals surface area contributed by atoms with Crippen LogP contribution in [0.2, 0.25) is 0 Å². The molecule has 1 saturated carbocycles. The first-order valence-corrected chi connectivity index (χ1v) is 7.08. The molecule has 0 heterocycles. The summed E-state index contributed by atoms with van der Waals surface area (Å²) in [5, 5.41) is 3.33. The summed E-state index contributed by atoms with van der Waals surface area (Å²) in [5.74, 6) is -0.336. The van der Waals surface area contributed by atoms with Crippen LogP contribution in [0, 0.1) is 18.6 Å². The predicted octanol–water partition coefficient (Wildman–Crippen LogP) is 4.32. The van der Waals surface area contributed by atoms with Crippen LogP contribution in [0.1, 0.15) is 24.0 Å². The molecule has 0 bridgehead atoms. The van der Waals surface area contributed by atoms with Gasteiger partial charge in [0.2, 0.25) is 0 Å². The van der Waals surface area contributed by atoms with Crippen LogP contribution in [0.3, 0.4) is 0 Å². The van der Waals surface area contributed by atoms with E-state index in [0.717, 1.165) is 18.4 Å². The standard InChI is InChI=1S/C17H17F2NO/c1-11-5-8-14(9-16(11)19)21-17-12(3-2-4-15(17)18)10-20-13-6-7-13/h2-5,8-9,13,20H,6-7,10H2,1H3. The predicted molar refractivity (Wildman–Crippen MR) is 77.5 cm³/mol. The van der Waals surface area contributed by atoms with E-state index in [2.05, 4.69) is 5.32 Å². The molecule has 4 heteroatoms. The van der Waals surface area contributed by atoms with E-state index < -0.39 is 5.82 Å². The van der Waals surface area contributed by atoms with E-state index >= 15 is 0 Å². The number of rotatable bonds is 5. The van der Waals surface area contributed by atoms with Crippen molar-refractivity contribution in [2.75, 3.05) is 0 Å². The van der Waals surface area contributed by atoms with Gasteiger partial charge in [0.1, 0.15) is 11.6 Å². The van der Waals surface area contributed by atoms with Crippen LogP contribution < -0.4 is 10.1 Å². The minimum Gasteiger partial charge on any atom is -0.454 e. The number of benzene rings is 2. The van der Waals surface area contributed by atoms with Gasteiger partial charge >= 0.3 is 0 Å². The van der Waals surface area contributed by atoms with Gasteiger partial charge in [0.15, 0.2) is 11.6 Å². The molecule has 1 N–H and O–H groups in total. The number of hydrogen-bond donors (Lipinski definition) is 1. The fourth-order valence-corrected chi connectivity index (χ4v) is 2.10. The van der Waals surface area contributed by atoms with Gasteiger partial charge in [-0.2, -0.15) is 0 Å². The van der Waals surface area contributed by atoms with E-state index in [-0.39, 0.29) is 11.6 Å². The van der Waals surface area contributed by atoms with Crippen LogP contribution >= 0.6 is 0 Å². The van der Waals surface area contributed by atoms with Crippen molar-refractivity contribution in [3.8, 4) is 11.5 Å². The molecular weight excluding hydrogens is 272 g/mol. The van der Waals surface area contributed by atoms with E-state index in [1.165, 1.54) is 12.1 Å². The Morgan fingerprint density at radius 3 is 2.67 bits per heavy atom. The van der Waals surface area contributed by atoms with Gasteiger partial charge in [-0.05, 0) is 37.5 Å². The summed E-state index contributed by atoms with van der Waals surface area (Å²) < 4.78 is 33.1. The molecule has 0 unspecified atom stereocenters. The van der Waals surface area contributed by atoms with Gasteiger partial charge in [-0.25, -0.2) is 8.78 Å². The smallest absolute Gasteiger partial charge is 0.167 e. The molecule has 110 valence electrons. The summed E-state index contributed by atoms with van der Waals surface area (Å²) in [6, 6.07) is 9.88. The van der Waals surface area contributed by atoms with Gasteiger partial charge in [0, 0.05) is 24.2 Å². The third-order valence-electron chi connectivity index (χ3n) is 3.57. The van der Waals surface area contributed by atoms with Crippen molar-refractivity contribution in [1.82, 2.24) is 5.32 Å². The van der Waals surface area contributed by atoms with Crippen molar-refractivity contribution in [2.45, 2.75) is 32.4 Å². The highest BCUT2D eigenvalue weighted by atomic mass is 19.1. The first kappa shape index (κ1) is 14.0. The van der Waals surface area contributed by atoms with E-state index in [1.807, 2.05) is 6.07 Å². The third-order valence-corrected chi connectivity index (χ3v) is 3.57. The quantitative estimate of drug-likeness (QED) is 0.885. The second-order valence-electron chi connectivity index (χ2n) is 5.40. The Labute approximate surface area is 122 Å². The lowest BCUT2D eigenvalue weighted by Crippen LogP contribution is -2.16. The largest absolute Gasteiger partial charge is 0.454 e.